The summed E-state index contributed by atoms with van der Waals surface area (Å²) in [6.45, 7) is 4.70. The summed E-state index contributed by atoms with van der Waals surface area (Å²) in [6, 6.07) is 19.7. The summed E-state index contributed by atoms with van der Waals surface area (Å²) in [7, 11) is 0. The first-order valence-electron chi connectivity index (χ1n) is 7.21. The summed E-state index contributed by atoms with van der Waals surface area (Å²) in [6.07, 6.45) is 1.31. The zero-order valence-electron chi connectivity index (χ0n) is 11.5. The maximum absolute atomic E-state index is 3.46. The molecule has 2 aromatic rings. The summed E-state index contributed by atoms with van der Waals surface area (Å²) in [5, 5.41) is 3.46. The first kappa shape index (κ1) is 12.4. The zero-order chi connectivity index (χ0) is 13.1. The summed E-state index contributed by atoms with van der Waals surface area (Å²) < 4.78 is 0. The summed E-state index contributed by atoms with van der Waals surface area (Å²) in [4.78, 5) is 0. The van der Waals surface area contributed by atoms with Crippen LogP contribution in [0.3, 0.4) is 0 Å². The van der Waals surface area contributed by atoms with Gasteiger partial charge in [-0.3, -0.25) is 0 Å². The fraction of sp³-hybridized carbons (Fsp3) is 0.333. The van der Waals surface area contributed by atoms with Crippen LogP contribution in [-0.4, -0.2) is 13.1 Å². The average molecular weight is 251 g/mol. The van der Waals surface area contributed by atoms with E-state index in [9.17, 15) is 0 Å². The maximum Gasteiger partial charge on any atom is -0.00143 e. The quantitative estimate of drug-likeness (QED) is 0.867. The van der Waals surface area contributed by atoms with Crippen molar-refractivity contribution in [2.24, 2.45) is 5.92 Å². The number of nitrogens with one attached hydrogen (secondary N) is 1. The van der Waals surface area contributed by atoms with Crippen molar-refractivity contribution >= 4 is 0 Å². The van der Waals surface area contributed by atoms with Crippen LogP contribution in [-0.2, 0) is 0 Å². The molecule has 2 unspecified atom stereocenters. The molecule has 1 aliphatic heterocycles. The Morgan fingerprint density at radius 1 is 0.947 bits per heavy atom. The van der Waals surface area contributed by atoms with Crippen molar-refractivity contribution in [1.29, 1.82) is 0 Å². The van der Waals surface area contributed by atoms with Crippen LogP contribution < -0.4 is 5.32 Å². The maximum atomic E-state index is 3.46. The molecule has 0 aromatic heterocycles. The fourth-order valence-electron chi connectivity index (χ4n) is 2.99. The topological polar surface area (TPSA) is 12.0 Å². The van der Waals surface area contributed by atoms with Crippen LogP contribution >= 0.6 is 0 Å². The minimum Gasteiger partial charge on any atom is -0.316 e. The highest BCUT2D eigenvalue weighted by Crippen LogP contribution is 2.30. The van der Waals surface area contributed by atoms with Gasteiger partial charge in [0.25, 0.3) is 0 Å². The molecule has 0 radical (unpaired) electrons. The van der Waals surface area contributed by atoms with Gasteiger partial charge in [0, 0.05) is 0 Å². The Kier molecular flexibility index (Phi) is 3.65. The van der Waals surface area contributed by atoms with Crippen LogP contribution in [0.4, 0.5) is 0 Å². The molecule has 1 heterocycles. The molecule has 0 spiro atoms. The van der Waals surface area contributed by atoms with Crippen LogP contribution in [0, 0.1) is 5.92 Å². The Hall–Kier alpha value is -1.60. The lowest BCUT2D eigenvalue weighted by molar-refractivity contribution is 0.487. The molecule has 0 aliphatic carbocycles. The highest BCUT2D eigenvalue weighted by atomic mass is 14.9. The lowest BCUT2D eigenvalue weighted by Gasteiger charge is -2.19. The van der Waals surface area contributed by atoms with Crippen molar-refractivity contribution in [2.75, 3.05) is 13.1 Å². The van der Waals surface area contributed by atoms with Gasteiger partial charge in [-0.1, -0.05) is 61.5 Å². The molecule has 1 fully saturated rings. The van der Waals surface area contributed by atoms with Crippen LogP contribution in [0.2, 0.25) is 0 Å². The van der Waals surface area contributed by atoms with E-state index in [0.717, 1.165) is 5.92 Å². The van der Waals surface area contributed by atoms with Gasteiger partial charge < -0.3 is 5.32 Å². The Morgan fingerprint density at radius 3 is 2.26 bits per heavy atom. The molecule has 0 saturated carbocycles. The molecule has 1 heteroatoms. The van der Waals surface area contributed by atoms with E-state index in [4.69, 9.17) is 0 Å². The number of hydrogen-bond acceptors (Lipinski definition) is 1. The third kappa shape index (κ3) is 2.71. The van der Waals surface area contributed by atoms with Crippen molar-refractivity contribution in [3.8, 4) is 11.1 Å². The van der Waals surface area contributed by atoms with Gasteiger partial charge in [0.1, 0.15) is 0 Å². The van der Waals surface area contributed by atoms with Crippen LogP contribution in [0.5, 0.6) is 0 Å². The van der Waals surface area contributed by atoms with Crippen molar-refractivity contribution in [3.05, 3.63) is 60.2 Å². The summed E-state index contributed by atoms with van der Waals surface area (Å²) >= 11 is 0. The minimum absolute atomic E-state index is 0.653. The molecule has 1 aliphatic rings. The largest absolute Gasteiger partial charge is 0.316 e. The molecule has 2 aromatic carbocycles. The van der Waals surface area contributed by atoms with Gasteiger partial charge in [0.05, 0.1) is 0 Å². The second-order valence-corrected chi connectivity index (χ2v) is 5.53. The predicted octanol–water partition coefficient (Wildman–Crippen LogP) is 4.07. The molecular weight excluding hydrogens is 230 g/mol. The van der Waals surface area contributed by atoms with Crippen molar-refractivity contribution < 1.29 is 0 Å². The van der Waals surface area contributed by atoms with Gasteiger partial charge in [-0.05, 0) is 48.0 Å². The molecule has 19 heavy (non-hydrogen) atoms. The fourth-order valence-corrected chi connectivity index (χ4v) is 2.99. The minimum atomic E-state index is 0.653. The summed E-state index contributed by atoms with van der Waals surface area (Å²) in [5.74, 6) is 1.45. The second-order valence-electron chi connectivity index (χ2n) is 5.53. The smallest absolute Gasteiger partial charge is 0.00143 e. The second kappa shape index (κ2) is 5.58. The lowest BCUT2D eigenvalue weighted by atomic mass is 9.86. The van der Waals surface area contributed by atoms with E-state index >= 15 is 0 Å². The third-order valence-corrected chi connectivity index (χ3v) is 4.35. The Balaban J connectivity index is 1.79. The number of rotatable bonds is 3. The molecule has 2 atom stereocenters. The zero-order valence-corrected chi connectivity index (χ0v) is 11.5. The highest BCUT2D eigenvalue weighted by Gasteiger charge is 2.22. The first-order valence-corrected chi connectivity index (χ1v) is 7.21. The monoisotopic (exact) mass is 251 g/mol. The lowest BCUT2D eigenvalue weighted by Crippen LogP contribution is -2.14. The normalized spacial score (nSPS) is 20.4. The van der Waals surface area contributed by atoms with Crippen LogP contribution in [0.15, 0.2) is 54.6 Å². The van der Waals surface area contributed by atoms with Gasteiger partial charge in [0.15, 0.2) is 0 Å². The van der Waals surface area contributed by atoms with Gasteiger partial charge in [-0.15, -0.1) is 0 Å². The van der Waals surface area contributed by atoms with E-state index in [0.29, 0.717) is 5.92 Å². The average Bonchev–Trinajstić information content (AvgIpc) is 3.02. The van der Waals surface area contributed by atoms with E-state index in [-0.39, 0.29) is 0 Å². The first-order chi connectivity index (χ1) is 9.34. The molecule has 1 N–H and O–H groups in total. The Bertz CT molecular complexity index is 509. The van der Waals surface area contributed by atoms with Crippen LogP contribution in [0.1, 0.15) is 24.8 Å². The van der Waals surface area contributed by atoms with Gasteiger partial charge in [0.2, 0.25) is 0 Å². The van der Waals surface area contributed by atoms with Crippen molar-refractivity contribution in [2.45, 2.75) is 19.3 Å². The number of hydrogen-bond donors (Lipinski definition) is 1. The third-order valence-electron chi connectivity index (χ3n) is 4.35. The van der Waals surface area contributed by atoms with Crippen molar-refractivity contribution in [1.82, 2.24) is 5.32 Å². The van der Waals surface area contributed by atoms with E-state index in [1.807, 2.05) is 0 Å². The SMILES string of the molecule is CC(c1ccc(-c2ccccc2)cc1)C1CCNC1. The van der Waals surface area contributed by atoms with E-state index in [1.54, 1.807) is 0 Å². The van der Waals surface area contributed by atoms with Gasteiger partial charge in [-0.2, -0.15) is 0 Å². The molecule has 1 nitrogen and oxygen atoms in total. The van der Waals surface area contributed by atoms with E-state index < -0.39 is 0 Å². The highest BCUT2D eigenvalue weighted by molar-refractivity contribution is 5.63. The van der Waals surface area contributed by atoms with Crippen LogP contribution in [0.25, 0.3) is 11.1 Å². The Labute approximate surface area is 115 Å². The summed E-state index contributed by atoms with van der Waals surface area (Å²) in [5.41, 5.74) is 4.07. The van der Waals surface area contributed by atoms with Gasteiger partial charge in [-0.25, -0.2) is 0 Å². The molecule has 0 bridgehead atoms. The molecule has 1 saturated heterocycles. The molecule has 3 rings (SSSR count). The molecule has 0 amide bonds. The van der Waals surface area contributed by atoms with E-state index in [1.165, 1.54) is 36.2 Å². The van der Waals surface area contributed by atoms with Gasteiger partial charge >= 0.3 is 0 Å². The van der Waals surface area contributed by atoms with Crippen molar-refractivity contribution in [3.63, 3.8) is 0 Å². The molecular formula is C18H21N. The number of benzene rings is 2. The predicted molar refractivity (Wildman–Crippen MR) is 81.3 cm³/mol. The Morgan fingerprint density at radius 2 is 1.63 bits per heavy atom. The van der Waals surface area contributed by atoms with E-state index in [2.05, 4.69) is 66.8 Å². The molecule has 98 valence electrons. The standard InChI is InChI=1S/C18H21N/c1-14(18-11-12-19-13-18)15-7-9-17(10-8-15)16-5-3-2-4-6-16/h2-10,14,18-19H,11-13H2,1H3.